The third-order valence-electron chi connectivity index (χ3n) is 19.4. The first-order valence-electron chi connectivity index (χ1n) is 43.1. The molecule has 0 fully saturated rings. The Hall–Kier alpha value is -9.91. The maximum atomic E-state index is 12.3. The number of amides is 4. The number of benzene rings is 10. The molecule has 0 bridgehead atoms. The average Bonchev–Trinajstić information content (AvgIpc) is 1.62. The number of hydrogen-bond donors (Lipinski definition) is 19. The van der Waals surface area contributed by atoms with Gasteiger partial charge in [-0.2, -0.15) is 0 Å². The van der Waals surface area contributed by atoms with Gasteiger partial charge in [-0.15, -0.1) is 0 Å². The largest absolute Gasteiger partial charge is 1.00 e. The number of fused-ring (bicyclic) bond motifs is 1. The van der Waals surface area contributed by atoms with Gasteiger partial charge in [-0.25, -0.2) is 0 Å². The normalized spacial score (nSPS) is 11.0. The van der Waals surface area contributed by atoms with Crippen molar-refractivity contribution in [3.8, 4) is 0 Å². The topological polar surface area (TPSA) is 521 Å². The summed E-state index contributed by atoms with van der Waals surface area (Å²) in [6, 6.07) is 63.0. The molecule has 1 aliphatic heterocycles. The van der Waals surface area contributed by atoms with Gasteiger partial charge < -0.3 is 120 Å². The van der Waals surface area contributed by atoms with E-state index in [-0.39, 0.29) is 174 Å². The molecular weight excluding hydrogens is 2100 g/mol. The van der Waals surface area contributed by atoms with Gasteiger partial charge in [0.05, 0.1) is 149 Å². The molecule has 1 heterocycles. The SMILES string of the molecule is C.C.C.C.CC(C)(CO)[C@@H](O)C(=O)NCCC(=O)NCCOC(=O)Cc1ccccc1Nc1c(Cl)cccc1Cl.CC(C)(CO)[C@@H](O)C(=O)NCCC(=O)O.CNCCO.CNCCOC(=O)Cc1ccccc1Nc1c(Cl)cccc1Cl.NCCOC(=O)Cc1ccccc1Nc1c(Cl)cccc1Cl.N[N-]O.O=C(O)Cc1ccccc1Nc1c(Cl)cccc1Cl.O=C1Cc2ccccc2N1c1c(Cl)cccc1Cl.[Na+]. The zero-order valence-electron chi connectivity index (χ0n) is 78.6. The van der Waals surface area contributed by atoms with E-state index in [4.69, 9.17) is 162 Å². The Labute approximate surface area is 925 Å². The third-order valence-corrected chi connectivity index (χ3v) is 22.5. The van der Waals surface area contributed by atoms with Crippen LogP contribution in [0.3, 0.4) is 0 Å². The number of anilines is 10. The smallest absolute Gasteiger partial charge is 0.488 e. The number of nitrogens with zero attached hydrogens (tertiary/aromatic N) is 2. The second kappa shape index (κ2) is 74.9. The van der Waals surface area contributed by atoms with Crippen LogP contribution in [0.4, 0.5) is 56.9 Å². The number of esters is 3. The number of aliphatic carboxylic acids is 2. The van der Waals surface area contributed by atoms with E-state index in [9.17, 15) is 58.5 Å². The van der Waals surface area contributed by atoms with Crippen molar-refractivity contribution in [1.82, 2.24) is 26.6 Å². The molecule has 0 radical (unpaired) electrons. The van der Waals surface area contributed by atoms with Gasteiger partial charge in [-0.1, -0.05) is 295 Å². The molecule has 10 aromatic rings. The number of aliphatic hydroxyl groups excluding tert-OH is 5. The maximum Gasteiger partial charge on any atom is 1.00 e. The van der Waals surface area contributed by atoms with E-state index in [1.54, 1.807) is 160 Å². The van der Waals surface area contributed by atoms with Crippen molar-refractivity contribution in [3.05, 3.63) is 296 Å². The summed E-state index contributed by atoms with van der Waals surface area (Å²) >= 11 is 61.6. The summed E-state index contributed by atoms with van der Waals surface area (Å²) < 4.78 is 15.4. The molecule has 0 saturated heterocycles. The fourth-order valence-corrected chi connectivity index (χ4v) is 14.4. The van der Waals surface area contributed by atoms with Gasteiger partial charge in [-0.05, 0) is 133 Å². The van der Waals surface area contributed by atoms with Gasteiger partial charge in [0.2, 0.25) is 23.6 Å². The van der Waals surface area contributed by atoms with Crippen LogP contribution in [0.2, 0.25) is 50.2 Å². The minimum Gasteiger partial charge on any atom is -0.488 e. The van der Waals surface area contributed by atoms with Crippen molar-refractivity contribution in [2.45, 2.75) is 115 Å². The molecular formula is C102H130Cl10N13NaO20. The van der Waals surface area contributed by atoms with Crippen molar-refractivity contribution < 1.29 is 128 Å². The maximum absolute atomic E-state index is 12.3. The summed E-state index contributed by atoms with van der Waals surface area (Å²) in [5, 5.41) is 100. The molecule has 10 aromatic carbocycles. The first kappa shape index (κ1) is 138. The summed E-state index contributed by atoms with van der Waals surface area (Å²) in [5.41, 5.74) is 16.0. The summed E-state index contributed by atoms with van der Waals surface area (Å²) in [4.78, 5) is 106. The van der Waals surface area contributed by atoms with Crippen LogP contribution < -0.4 is 93.9 Å². The number of hydrogen-bond acceptors (Lipinski definition) is 26. The van der Waals surface area contributed by atoms with Crippen LogP contribution in [0, 0.1) is 10.8 Å². The Morgan fingerprint density at radius 2 is 0.699 bits per heavy atom. The number of carboxylic acid groups (broad SMARTS) is 2. The zero-order valence-corrected chi connectivity index (χ0v) is 88.2. The number of halogens is 10. The molecule has 2 atom stereocenters. The van der Waals surface area contributed by atoms with Crippen molar-refractivity contribution in [3.63, 3.8) is 0 Å². The molecule has 0 aliphatic carbocycles. The van der Waals surface area contributed by atoms with Gasteiger partial charge in [0.15, 0.2) is 0 Å². The predicted octanol–water partition coefficient (Wildman–Crippen LogP) is 16.6. The number of carbonyl (C=O) groups excluding carboxylic acids is 7. The minimum atomic E-state index is -1.40. The summed E-state index contributed by atoms with van der Waals surface area (Å²) in [6.07, 6.45) is -2.32. The Bertz CT molecular complexity index is 5590. The monoisotopic (exact) mass is 2230 g/mol. The van der Waals surface area contributed by atoms with Crippen molar-refractivity contribution in [2.24, 2.45) is 22.4 Å². The second-order valence-corrected chi connectivity index (χ2v) is 35.2. The van der Waals surface area contributed by atoms with Crippen LogP contribution in [0.1, 0.15) is 98.1 Å². The molecule has 44 heteroatoms. The molecule has 4 amide bonds. The van der Waals surface area contributed by atoms with E-state index in [0.717, 1.165) is 33.8 Å². The van der Waals surface area contributed by atoms with Crippen molar-refractivity contribution in [1.29, 1.82) is 0 Å². The standard InChI is InChI=1S/C25H31Cl2N3O6.C17H18Cl2N2O2.C16H16Cl2N2O2.C14H11Cl2NO2.C14H9Cl2NO.C9H17NO5.C3H9NO.4CH4.H3N2O.Na/c1-25(2,15-31)23(34)24(35)29-11-10-20(32)28-12-13-36-21(33)14-16-6-3-4-9-19(16)30-22-17(26)7-5-8-18(22)27;1-20-9-10-23-16(22)11-12-5-2-3-8-15(12)21-17-13(18)6-4-7-14(17)19;17-12-5-3-6-13(18)16(12)20-14-7-2-1-4-11(14)10-15(21)22-9-8-19;15-10-5-3-6-11(16)14(10)17-12-7-2-1-4-9(12)8-13(18)19;15-10-5-3-6-11(16)14(10)17-12-7-2-1-4-9(12)8-13(17)18;1-9(2,5-11)7(14)8(15)10-4-3-6(12)13;1-4-2-3-5;;;;;1-2-3;/h3-9,23,30-31,34H,10-15H2,1-2H3,(H,28,32)(H,29,35);2-8,20-21H,9-11H2,1H3;1-7,20H,8-10,19H2;1-7,17H,8H2,(H,18,19);1-7H,8H2;7,11,14H,3-5H2,1-2H3,(H,10,15)(H,12,13);4-5H,2-3H2,1H3;4*1H4;3H,1H2;/q;;;;;;;;;;;-1;+1/t23-;;;;;7-;;;;;;;/m0....0......./s1. The van der Waals surface area contributed by atoms with Gasteiger partial charge in [0.25, 0.3) is 0 Å². The van der Waals surface area contributed by atoms with Gasteiger partial charge in [0.1, 0.15) is 32.0 Å². The van der Waals surface area contributed by atoms with Crippen LogP contribution in [0.5, 0.6) is 0 Å². The number of nitrogens with one attached hydrogen (secondary N) is 9. The van der Waals surface area contributed by atoms with Gasteiger partial charge in [-0.3, -0.25) is 48.1 Å². The number of carbonyl (C=O) groups is 9. The molecule has 794 valence electrons. The Balaban J connectivity index is 0. The summed E-state index contributed by atoms with van der Waals surface area (Å²) in [6.45, 7) is 7.96. The van der Waals surface area contributed by atoms with Gasteiger partial charge in [0, 0.05) is 72.7 Å². The van der Waals surface area contributed by atoms with Crippen LogP contribution in [-0.2, 0) is 89.5 Å². The fourth-order valence-electron chi connectivity index (χ4n) is 11.8. The van der Waals surface area contributed by atoms with E-state index >= 15 is 0 Å². The third kappa shape index (κ3) is 49.5. The van der Waals surface area contributed by atoms with Crippen molar-refractivity contribution in [2.75, 3.05) is 119 Å². The van der Waals surface area contributed by atoms with Crippen molar-refractivity contribution >= 4 is 226 Å². The first-order chi connectivity index (χ1) is 67.2. The molecule has 0 spiro atoms. The Morgan fingerprint density at radius 1 is 0.404 bits per heavy atom. The van der Waals surface area contributed by atoms with Crippen LogP contribution >= 0.6 is 116 Å². The van der Waals surface area contributed by atoms with E-state index in [0.29, 0.717) is 134 Å². The van der Waals surface area contributed by atoms with E-state index in [1.807, 2.05) is 90.5 Å². The molecule has 0 aromatic heterocycles. The number of rotatable bonds is 39. The van der Waals surface area contributed by atoms with E-state index < -0.39 is 52.8 Å². The molecule has 11 rings (SSSR count). The molecule has 146 heavy (non-hydrogen) atoms. The quantitative estimate of drug-likeness (QED) is 0.00425. The fraction of sp³-hybridized carbons (Fsp3) is 0.324. The van der Waals surface area contributed by atoms with Crippen LogP contribution in [-0.4, -0.2) is 200 Å². The Kier molecular flexibility index (Phi) is 70.9. The van der Waals surface area contributed by atoms with Gasteiger partial charge >= 0.3 is 59.4 Å². The van der Waals surface area contributed by atoms with E-state index in [2.05, 4.69) is 53.7 Å². The first-order valence-corrected chi connectivity index (χ1v) is 46.9. The predicted molar refractivity (Wildman–Crippen MR) is 584 cm³/mol. The Morgan fingerprint density at radius 3 is 1.00 bits per heavy atom. The number of aliphatic hydroxyl groups is 5. The number of nitrogens with two attached hydrogens (primary N) is 2. The number of para-hydroxylation sites is 10. The number of likely N-dealkylation sites (N-methyl/N-ethyl adjacent to an activating group) is 2. The molecule has 33 nitrogen and oxygen atoms in total. The number of ether oxygens (including phenoxy) is 3. The van der Waals surface area contributed by atoms with E-state index in [1.165, 1.54) is 13.8 Å². The summed E-state index contributed by atoms with van der Waals surface area (Å²) in [7, 11) is 3.61. The molecule has 0 unspecified atom stereocenters. The number of carboxylic acids is 2. The molecule has 21 N–H and O–H groups in total. The minimum absolute atomic E-state index is 0. The summed E-state index contributed by atoms with van der Waals surface area (Å²) in [5.74, 6) is -0.663. The van der Waals surface area contributed by atoms with Crippen LogP contribution in [0.15, 0.2) is 212 Å². The average molecular weight is 2240 g/mol. The zero-order chi connectivity index (χ0) is 105. The molecule has 0 saturated carbocycles. The second-order valence-electron chi connectivity index (χ2n) is 31.1. The van der Waals surface area contributed by atoms with Crippen LogP contribution in [0.25, 0.3) is 5.59 Å². The molecule has 1 aliphatic rings.